The molecule has 28 heavy (non-hydrogen) atoms. The fourth-order valence-corrected chi connectivity index (χ4v) is 5.21. The first-order chi connectivity index (χ1) is 13.6. The van der Waals surface area contributed by atoms with Gasteiger partial charge in [-0.1, -0.05) is 25.4 Å². The van der Waals surface area contributed by atoms with E-state index in [2.05, 4.69) is 46.0 Å². The number of guanidine groups is 1. The van der Waals surface area contributed by atoms with Crippen LogP contribution in [-0.4, -0.2) is 71.2 Å². The molecule has 4 rings (SSSR count). The first kappa shape index (κ1) is 19.7. The smallest absolute Gasteiger partial charge is 0.228 e. The van der Waals surface area contributed by atoms with E-state index in [1.807, 2.05) is 0 Å². The van der Waals surface area contributed by atoms with E-state index in [0.29, 0.717) is 24.8 Å². The maximum atomic E-state index is 5.34. The van der Waals surface area contributed by atoms with Gasteiger partial charge in [0.1, 0.15) is 0 Å². The van der Waals surface area contributed by atoms with Crippen molar-refractivity contribution in [3.63, 3.8) is 0 Å². The van der Waals surface area contributed by atoms with E-state index >= 15 is 0 Å². The van der Waals surface area contributed by atoms with Gasteiger partial charge in [-0.15, -0.1) is 0 Å². The highest BCUT2D eigenvalue weighted by molar-refractivity contribution is 5.80. The van der Waals surface area contributed by atoms with E-state index in [9.17, 15) is 0 Å². The van der Waals surface area contributed by atoms with Crippen LogP contribution in [0.15, 0.2) is 9.52 Å². The molecular formula is C21H36N6O. The number of hydrogen-bond donors (Lipinski definition) is 1. The molecule has 1 aromatic rings. The Balaban J connectivity index is 1.28. The lowest BCUT2D eigenvalue weighted by Crippen LogP contribution is -2.55. The van der Waals surface area contributed by atoms with Gasteiger partial charge in [0.2, 0.25) is 5.89 Å². The van der Waals surface area contributed by atoms with Crippen LogP contribution >= 0.6 is 0 Å². The molecule has 0 radical (unpaired) electrons. The molecular weight excluding hydrogens is 352 g/mol. The van der Waals surface area contributed by atoms with Crippen LogP contribution in [-0.2, 0) is 6.42 Å². The van der Waals surface area contributed by atoms with Crippen molar-refractivity contribution in [3.8, 4) is 0 Å². The average Bonchev–Trinajstić information content (AvgIpc) is 3.44. The molecule has 0 aromatic carbocycles. The van der Waals surface area contributed by atoms with Crippen LogP contribution in [0.2, 0.25) is 0 Å². The van der Waals surface area contributed by atoms with Crippen LogP contribution in [0, 0.1) is 11.8 Å². The van der Waals surface area contributed by atoms with E-state index in [0.717, 1.165) is 49.3 Å². The Morgan fingerprint density at radius 3 is 2.64 bits per heavy atom. The van der Waals surface area contributed by atoms with Gasteiger partial charge in [0.25, 0.3) is 0 Å². The Kier molecular flexibility index (Phi) is 6.19. The van der Waals surface area contributed by atoms with Gasteiger partial charge in [0, 0.05) is 51.1 Å². The van der Waals surface area contributed by atoms with Gasteiger partial charge < -0.3 is 14.7 Å². The summed E-state index contributed by atoms with van der Waals surface area (Å²) >= 11 is 0. The van der Waals surface area contributed by atoms with Crippen LogP contribution in [0.25, 0.3) is 0 Å². The molecule has 1 aliphatic heterocycles. The summed E-state index contributed by atoms with van der Waals surface area (Å²) in [4.78, 5) is 14.5. The molecule has 2 heterocycles. The lowest BCUT2D eigenvalue weighted by Gasteiger charge is -2.42. The number of hydrogen-bond acceptors (Lipinski definition) is 5. The minimum absolute atomic E-state index is 0.296. The normalized spacial score (nSPS) is 28.5. The van der Waals surface area contributed by atoms with Crippen LogP contribution < -0.4 is 5.32 Å². The number of nitrogens with zero attached hydrogens (tertiary/aromatic N) is 5. The zero-order chi connectivity index (χ0) is 19.5. The molecule has 7 heteroatoms. The van der Waals surface area contributed by atoms with E-state index in [4.69, 9.17) is 9.52 Å². The van der Waals surface area contributed by atoms with Gasteiger partial charge in [-0.05, 0) is 38.0 Å². The van der Waals surface area contributed by atoms with Crippen LogP contribution in [0.1, 0.15) is 64.1 Å². The molecule has 0 spiro atoms. The second-order valence-corrected chi connectivity index (χ2v) is 8.95. The van der Waals surface area contributed by atoms with Crippen molar-refractivity contribution in [3.05, 3.63) is 11.7 Å². The summed E-state index contributed by atoms with van der Waals surface area (Å²) in [5, 5.41) is 7.50. The first-order valence-corrected chi connectivity index (χ1v) is 11.2. The highest BCUT2D eigenvalue weighted by Gasteiger charge is 2.42. The van der Waals surface area contributed by atoms with Gasteiger partial charge >= 0.3 is 0 Å². The molecule has 2 bridgehead atoms. The number of aromatic nitrogens is 2. The molecule has 3 fully saturated rings. The minimum Gasteiger partial charge on any atom is -0.357 e. The number of fused-ring (bicyclic) bond motifs is 2. The summed E-state index contributed by atoms with van der Waals surface area (Å²) in [5.74, 6) is 4.78. The monoisotopic (exact) mass is 388 g/mol. The molecule has 1 N–H and O–H groups in total. The second kappa shape index (κ2) is 8.80. The molecule has 0 amide bonds. The molecule has 156 valence electrons. The number of rotatable bonds is 6. The van der Waals surface area contributed by atoms with Crippen molar-refractivity contribution in [2.75, 3.05) is 39.3 Å². The second-order valence-electron chi connectivity index (χ2n) is 8.95. The number of nitrogens with one attached hydrogen (secondary N) is 1. The van der Waals surface area contributed by atoms with Gasteiger partial charge in [-0.25, -0.2) is 0 Å². The zero-order valence-electron chi connectivity index (χ0n) is 17.7. The fourth-order valence-electron chi connectivity index (χ4n) is 5.21. The number of aliphatic imine (C=N–C) groups is 1. The number of piperazine rings is 1. The van der Waals surface area contributed by atoms with Crippen LogP contribution in [0.5, 0.6) is 0 Å². The Labute approximate surface area is 168 Å². The Hall–Kier alpha value is -1.63. The van der Waals surface area contributed by atoms with Crippen molar-refractivity contribution >= 4 is 5.96 Å². The zero-order valence-corrected chi connectivity index (χ0v) is 17.7. The fraction of sp³-hybridized carbons (Fsp3) is 0.857. The maximum absolute atomic E-state index is 5.34. The highest BCUT2D eigenvalue weighted by atomic mass is 16.5. The van der Waals surface area contributed by atoms with E-state index in [1.165, 1.54) is 38.8 Å². The lowest BCUT2D eigenvalue weighted by atomic mass is 9.93. The summed E-state index contributed by atoms with van der Waals surface area (Å²) in [7, 11) is 0. The van der Waals surface area contributed by atoms with E-state index in [-0.39, 0.29) is 0 Å². The summed E-state index contributed by atoms with van der Waals surface area (Å²) in [6.45, 7) is 12.3. The highest BCUT2D eigenvalue weighted by Crippen LogP contribution is 2.46. The first-order valence-electron chi connectivity index (χ1n) is 11.2. The van der Waals surface area contributed by atoms with Crippen molar-refractivity contribution < 1.29 is 4.52 Å². The molecule has 7 nitrogen and oxygen atoms in total. The van der Waals surface area contributed by atoms with Gasteiger partial charge in [-0.3, -0.25) is 9.89 Å². The van der Waals surface area contributed by atoms with Crippen molar-refractivity contribution in [1.29, 1.82) is 0 Å². The summed E-state index contributed by atoms with van der Waals surface area (Å²) in [5.41, 5.74) is 0. The quantitative estimate of drug-likeness (QED) is 0.596. The molecule has 3 aliphatic rings. The predicted molar refractivity (Wildman–Crippen MR) is 110 cm³/mol. The molecule has 3 unspecified atom stereocenters. The molecule has 2 aliphatic carbocycles. The van der Waals surface area contributed by atoms with Crippen LogP contribution in [0.3, 0.4) is 0 Å². The Morgan fingerprint density at radius 2 is 2.04 bits per heavy atom. The summed E-state index contributed by atoms with van der Waals surface area (Å²) in [6, 6.07) is 0.855. The summed E-state index contributed by atoms with van der Waals surface area (Å²) < 4.78 is 5.34. The van der Waals surface area contributed by atoms with Crippen LogP contribution in [0.4, 0.5) is 0 Å². The lowest BCUT2D eigenvalue weighted by molar-refractivity contribution is 0.0958. The van der Waals surface area contributed by atoms with Gasteiger partial charge in [-0.2, -0.15) is 4.98 Å². The third-order valence-electron chi connectivity index (χ3n) is 6.71. The van der Waals surface area contributed by atoms with Crippen molar-refractivity contribution in [2.45, 2.75) is 64.8 Å². The Bertz CT molecular complexity index is 664. The van der Waals surface area contributed by atoms with E-state index in [1.54, 1.807) is 0 Å². The maximum Gasteiger partial charge on any atom is 0.228 e. The molecule has 1 aromatic heterocycles. The topological polar surface area (TPSA) is 69.8 Å². The largest absolute Gasteiger partial charge is 0.357 e. The van der Waals surface area contributed by atoms with Gasteiger partial charge in [0.05, 0.1) is 6.54 Å². The molecule has 3 atom stereocenters. The third-order valence-corrected chi connectivity index (χ3v) is 6.71. The molecule has 1 saturated heterocycles. The molecule has 2 saturated carbocycles. The van der Waals surface area contributed by atoms with Crippen molar-refractivity contribution in [2.24, 2.45) is 16.8 Å². The van der Waals surface area contributed by atoms with Crippen molar-refractivity contribution in [1.82, 2.24) is 25.3 Å². The van der Waals surface area contributed by atoms with E-state index < -0.39 is 0 Å². The predicted octanol–water partition coefficient (Wildman–Crippen LogP) is 2.51. The average molecular weight is 389 g/mol. The minimum atomic E-state index is 0.296. The standard InChI is InChI=1S/C21H36N6O/c1-4-22-21(23-8-7-19-24-20(15(2)3)25-28-19)27-11-9-26(10-12-27)18-14-16-5-6-17(18)13-16/h15-18H,4-14H2,1-3H3,(H,22,23). The third kappa shape index (κ3) is 4.34. The summed E-state index contributed by atoms with van der Waals surface area (Å²) in [6.07, 6.45) is 6.58. The van der Waals surface area contributed by atoms with Gasteiger partial charge in [0.15, 0.2) is 11.8 Å². The Morgan fingerprint density at radius 1 is 1.21 bits per heavy atom. The SMILES string of the molecule is CCNC(=NCCc1nc(C(C)C)no1)N1CCN(C2CC3CCC2C3)CC1.